The number of aryl methyl sites for hydroxylation is 3. The Morgan fingerprint density at radius 3 is 2.28 bits per heavy atom. The van der Waals surface area contributed by atoms with E-state index in [1.165, 1.54) is 0 Å². The summed E-state index contributed by atoms with van der Waals surface area (Å²) < 4.78 is 49.9. The molecule has 1 atom stereocenters. The summed E-state index contributed by atoms with van der Waals surface area (Å²) >= 11 is 0. The van der Waals surface area contributed by atoms with Gasteiger partial charge in [-0.05, 0) is 76.5 Å². The number of sulfonamides is 1. The van der Waals surface area contributed by atoms with E-state index in [9.17, 15) is 13.2 Å². The predicted octanol–water partition coefficient (Wildman–Crippen LogP) is 8.11. The number of amides is 1. The van der Waals surface area contributed by atoms with Crippen LogP contribution in [0.1, 0.15) is 82.2 Å². The van der Waals surface area contributed by atoms with Gasteiger partial charge in [-0.15, -0.1) is 0 Å². The van der Waals surface area contributed by atoms with E-state index in [0.29, 0.717) is 57.8 Å². The van der Waals surface area contributed by atoms with Crippen molar-refractivity contribution in [3.05, 3.63) is 88.6 Å². The van der Waals surface area contributed by atoms with E-state index in [0.717, 1.165) is 22.0 Å². The van der Waals surface area contributed by atoms with Crippen LogP contribution in [0.2, 0.25) is 16.6 Å². The van der Waals surface area contributed by atoms with Crippen LogP contribution in [0, 0.1) is 6.92 Å². The normalized spacial score (nSPS) is 14.0. The lowest BCUT2D eigenvalue weighted by Crippen LogP contribution is -2.47. The Balaban J connectivity index is 1.55. The Bertz CT molecular complexity index is 1870. The molecule has 0 fully saturated rings. The minimum absolute atomic E-state index is 0.0882. The quantitative estimate of drug-likeness (QED) is 0.152. The molecule has 0 saturated carbocycles. The molecule has 1 amide bonds. The van der Waals surface area contributed by atoms with E-state index in [1.54, 1.807) is 30.3 Å². The number of hydrogen-bond acceptors (Lipinski definition) is 6. The van der Waals surface area contributed by atoms with Crippen LogP contribution >= 0.6 is 0 Å². The highest BCUT2D eigenvalue weighted by Gasteiger charge is 2.45. The molecule has 0 spiro atoms. The maximum Gasteiger partial charge on any atom is 0.264 e. The van der Waals surface area contributed by atoms with Crippen LogP contribution in [0.3, 0.4) is 0 Å². The maximum atomic E-state index is 14.2. The Kier molecular flexibility index (Phi) is 9.96. The summed E-state index contributed by atoms with van der Waals surface area (Å²) in [6.07, 6.45) is 2.43. The molecule has 1 aliphatic rings. The average Bonchev–Trinajstić information content (AvgIpc) is 3.60. The summed E-state index contributed by atoms with van der Waals surface area (Å²) in [5.74, 6) is -0.488. The van der Waals surface area contributed by atoms with Gasteiger partial charge in [0, 0.05) is 24.1 Å². The third kappa shape index (κ3) is 6.60. The van der Waals surface area contributed by atoms with Crippen molar-refractivity contribution >= 4 is 35.2 Å². The number of fused-ring (bicyclic) bond motifs is 2. The standard InChI is InChI=1S/C37H48N2O6SSi/c1-10-28-17-26(8)11-16-35(28)46(41,42)38-37(40)36(29-13-15-33-34(19-29)44-22-43-33)31-20-39(9)32-18-27(12-14-30(31)32)21-45-47(23(2)3,24(4)5)25(6)7/h11-20,23-25,36H,10,21-22H2,1-9H3,(H,38,40). The molecule has 4 aromatic rings. The Labute approximate surface area is 280 Å². The van der Waals surface area contributed by atoms with Crippen molar-refractivity contribution < 1.29 is 27.1 Å². The van der Waals surface area contributed by atoms with Crippen molar-refractivity contribution in [3.63, 3.8) is 0 Å². The van der Waals surface area contributed by atoms with E-state index in [4.69, 9.17) is 13.9 Å². The second-order valence-corrected chi connectivity index (χ2v) is 20.7. The van der Waals surface area contributed by atoms with Crippen LogP contribution in [0.25, 0.3) is 10.9 Å². The van der Waals surface area contributed by atoms with E-state index in [1.807, 2.05) is 43.8 Å². The SMILES string of the molecule is CCc1cc(C)ccc1S(=O)(=O)NC(=O)C(c1ccc2c(c1)OCO2)c1cn(C)c2cc(CO[Si](C(C)C)(C(C)C)C(C)C)ccc12. The fourth-order valence-electron chi connectivity index (χ4n) is 7.55. The van der Waals surface area contributed by atoms with Crippen LogP contribution < -0.4 is 14.2 Å². The summed E-state index contributed by atoms with van der Waals surface area (Å²) in [4.78, 5) is 14.3. The number of rotatable bonds is 12. The van der Waals surface area contributed by atoms with Gasteiger partial charge >= 0.3 is 0 Å². The number of benzene rings is 3. The van der Waals surface area contributed by atoms with Gasteiger partial charge < -0.3 is 18.5 Å². The van der Waals surface area contributed by atoms with Crippen molar-refractivity contribution in [1.29, 1.82) is 0 Å². The van der Waals surface area contributed by atoms with Gasteiger partial charge in [0.1, 0.15) is 0 Å². The first-order valence-electron chi connectivity index (χ1n) is 16.5. The minimum atomic E-state index is -4.16. The molecule has 47 heavy (non-hydrogen) atoms. The smallest absolute Gasteiger partial charge is 0.264 e. The highest BCUT2D eigenvalue weighted by atomic mass is 32.2. The number of ether oxygens (including phenoxy) is 2. The lowest BCUT2D eigenvalue weighted by molar-refractivity contribution is -0.119. The first-order chi connectivity index (χ1) is 22.2. The number of carbonyl (C=O) groups excluding carboxylic acids is 1. The fraction of sp³-hybridized carbons (Fsp3) is 0.432. The molecule has 3 aromatic carbocycles. The highest BCUT2D eigenvalue weighted by molar-refractivity contribution is 7.90. The van der Waals surface area contributed by atoms with Crippen LogP contribution in [0.4, 0.5) is 0 Å². The zero-order chi connectivity index (χ0) is 34.3. The molecule has 1 aliphatic heterocycles. The third-order valence-electron chi connectivity index (χ3n) is 9.71. The van der Waals surface area contributed by atoms with Crippen LogP contribution in [0.15, 0.2) is 65.7 Å². The predicted molar refractivity (Wildman–Crippen MR) is 189 cm³/mol. The Morgan fingerprint density at radius 1 is 0.936 bits per heavy atom. The van der Waals surface area contributed by atoms with E-state index < -0.39 is 30.2 Å². The molecule has 1 aromatic heterocycles. The van der Waals surface area contributed by atoms with Crippen molar-refractivity contribution in [3.8, 4) is 11.5 Å². The van der Waals surface area contributed by atoms with Crippen molar-refractivity contribution in [2.75, 3.05) is 6.79 Å². The van der Waals surface area contributed by atoms with Crippen LogP contribution in [-0.4, -0.2) is 34.0 Å². The molecular weight excluding hydrogens is 629 g/mol. The maximum absolute atomic E-state index is 14.2. The van der Waals surface area contributed by atoms with E-state index in [-0.39, 0.29) is 11.7 Å². The molecule has 252 valence electrons. The molecule has 10 heteroatoms. The number of hydrogen-bond donors (Lipinski definition) is 1. The molecular formula is C37H48N2O6SSi. The fourth-order valence-corrected chi connectivity index (χ4v) is 14.3. The van der Waals surface area contributed by atoms with Gasteiger partial charge in [0.2, 0.25) is 21.0 Å². The molecule has 1 unspecified atom stereocenters. The average molecular weight is 677 g/mol. The van der Waals surface area contributed by atoms with Gasteiger partial charge in [-0.1, -0.05) is 84.4 Å². The summed E-state index contributed by atoms with van der Waals surface area (Å²) in [5.41, 5.74) is 6.30. The Morgan fingerprint density at radius 2 is 1.62 bits per heavy atom. The van der Waals surface area contributed by atoms with Gasteiger partial charge in [-0.2, -0.15) is 0 Å². The molecule has 1 N–H and O–H groups in total. The van der Waals surface area contributed by atoms with E-state index >= 15 is 0 Å². The van der Waals surface area contributed by atoms with Gasteiger partial charge in [-0.25, -0.2) is 13.1 Å². The summed E-state index contributed by atoms with van der Waals surface area (Å²) in [6.45, 7) is 18.1. The number of carbonyl (C=O) groups is 1. The second-order valence-electron chi connectivity index (χ2n) is 13.6. The van der Waals surface area contributed by atoms with Gasteiger partial charge in [-0.3, -0.25) is 4.79 Å². The molecule has 5 rings (SSSR count). The number of aromatic nitrogens is 1. The first kappa shape index (κ1) is 34.7. The van der Waals surface area contributed by atoms with Gasteiger partial charge in [0.05, 0.1) is 17.4 Å². The largest absolute Gasteiger partial charge is 0.454 e. The molecule has 0 radical (unpaired) electrons. The van der Waals surface area contributed by atoms with Crippen molar-refractivity contribution in [2.24, 2.45) is 7.05 Å². The first-order valence-corrected chi connectivity index (χ1v) is 20.1. The molecule has 0 saturated heterocycles. The summed E-state index contributed by atoms with van der Waals surface area (Å²) in [5, 5.41) is 0.858. The third-order valence-corrected chi connectivity index (χ3v) is 17.2. The highest BCUT2D eigenvalue weighted by Crippen LogP contribution is 2.43. The number of nitrogens with one attached hydrogen (secondary N) is 1. The van der Waals surface area contributed by atoms with E-state index in [2.05, 4.69) is 58.4 Å². The number of nitrogens with zero attached hydrogens (tertiary/aromatic N) is 1. The zero-order valence-electron chi connectivity index (χ0n) is 29.0. The zero-order valence-corrected chi connectivity index (χ0v) is 30.8. The topological polar surface area (TPSA) is 95.9 Å². The Hall–Kier alpha value is -3.60. The van der Waals surface area contributed by atoms with Crippen LogP contribution in [-0.2, 0) is 39.3 Å². The van der Waals surface area contributed by atoms with Gasteiger partial charge in [0.15, 0.2) is 11.5 Å². The van der Waals surface area contributed by atoms with Crippen molar-refractivity contribution in [2.45, 2.75) is 95.9 Å². The second kappa shape index (κ2) is 13.5. The minimum Gasteiger partial charge on any atom is -0.454 e. The van der Waals surface area contributed by atoms with Crippen LogP contribution in [0.5, 0.6) is 11.5 Å². The lowest BCUT2D eigenvalue weighted by Gasteiger charge is -2.42. The summed E-state index contributed by atoms with van der Waals surface area (Å²) in [6, 6.07) is 16.7. The molecule has 0 bridgehead atoms. The van der Waals surface area contributed by atoms with Crippen molar-refractivity contribution in [1.82, 2.24) is 9.29 Å². The summed E-state index contributed by atoms with van der Waals surface area (Å²) in [7, 11) is -4.29. The monoisotopic (exact) mass is 676 g/mol. The van der Waals surface area contributed by atoms with Gasteiger partial charge in [0.25, 0.3) is 10.0 Å². The molecule has 8 nitrogen and oxygen atoms in total. The lowest BCUT2D eigenvalue weighted by atomic mass is 9.90. The molecule has 2 heterocycles. The molecule has 0 aliphatic carbocycles.